The molecule has 8 heteroatoms. The monoisotopic (exact) mass is 350 g/mol. The topological polar surface area (TPSA) is 89.7 Å². The van der Waals surface area contributed by atoms with Gasteiger partial charge in [-0.05, 0) is 35.7 Å². The Hall–Kier alpha value is -2.74. The number of carbonyl (C=O) groups excluding carboxylic acids is 3. The van der Waals surface area contributed by atoms with Gasteiger partial charge in [-0.25, -0.2) is 9.18 Å². The predicted octanol–water partition coefficient (Wildman–Crippen LogP) is 1.95. The third-order valence-corrected chi connectivity index (χ3v) is 3.79. The summed E-state index contributed by atoms with van der Waals surface area (Å²) in [4.78, 5) is 36.3. The smallest absolute Gasteiger partial charge is 0.339 e. The van der Waals surface area contributed by atoms with Gasteiger partial charge in [-0.1, -0.05) is 0 Å². The maximum atomic E-state index is 13.0. The molecule has 0 saturated carbocycles. The van der Waals surface area contributed by atoms with Crippen molar-refractivity contribution in [2.24, 2.45) is 5.73 Å². The zero-order valence-corrected chi connectivity index (χ0v) is 13.4. The first-order chi connectivity index (χ1) is 11.5. The van der Waals surface area contributed by atoms with E-state index >= 15 is 0 Å². The summed E-state index contributed by atoms with van der Waals surface area (Å²) in [6, 6.07) is 6.76. The summed E-state index contributed by atoms with van der Waals surface area (Å²) in [5.74, 6) is -2.18. The summed E-state index contributed by atoms with van der Waals surface area (Å²) in [7, 11) is 0. The lowest BCUT2D eigenvalue weighted by atomic mass is 10.2. The van der Waals surface area contributed by atoms with Gasteiger partial charge in [-0.2, -0.15) is 11.3 Å². The molecule has 6 nitrogen and oxygen atoms in total. The van der Waals surface area contributed by atoms with E-state index in [0.29, 0.717) is 11.3 Å². The van der Waals surface area contributed by atoms with Gasteiger partial charge in [0, 0.05) is 24.0 Å². The van der Waals surface area contributed by atoms with E-state index in [4.69, 9.17) is 10.5 Å². The number of thiophene rings is 1. The van der Waals surface area contributed by atoms with Crippen molar-refractivity contribution < 1.29 is 23.5 Å². The Morgan fingerprint density at radius 1 is 1.17 bits per heavy atom. The Kier molecular flexibility index (Phi) is 6.02. The molecule has 2 rings (SSSR count). The number of anilines is 1. The first-order valence-corrected chi connectivity index (χ1v) is 7.95. The van der Waals surface area contributed by atoms with Gasteiger partial charge in [0.2, 0.25) is 5.91 Å². The zero-order chi connectivity index (χ0) is 17.5. The first-order valence-electron chi connectivity index (χ1n) is 7.01. The summed E-state index contributed by atoms with van der Waals surface area (Å²) in [5, 5.41) is 3.33. The van der Waals surface area contributed by atoms with Crippen molar-refractivity contribution in [3.05, 3.63) is 52.5 Å². The average molecular weight is 350 g/mol. The van der Waals surface area contributed by atoms with Crippen LogP contribution in [0.15, 0.2) is 41.1 Å². The number of carbonyl (C=O) groups is 3. The van der Waals surface area contributed by atoms with E-state index in [2.05, 4.69) is 0 Å². The van der Waals surface area contributed by atoms with Crippen LogP contribution in [-0.2, 0) is 14.3 Å². The predicted molar refractivity (Wildman–Crippen MR) is 87.2 cm³/mol. The van der Waals surface area contributed by atoms with Gasteiger partial charge in [-0.3, -0.25) is 9.59 Å². The maximum absolute atomic E-state index is 13.0. The number of nitrogens with zero attached hydrogens (tertiary/aromatic N) is 1. The Balaban J connectivity index is 2.04. The largest absolute Gasteiger partial charge is 0.452 e. The second kappa shape index (κ2) is 8.21. The molecule has 0 fully saturated rings. The molecule has 0 aliphatic carbocycles. The van der Waals surface area contributed by atoms with Crippen molar-refractivity contribution in [3.8, 4) is 0 Å². The van der Waals surface area contributed by atoms with Gasteiger partial charge in [0.25, 0.3) is 5.91 Å². The van der Waals surface area contributed by atoms with E-state index in [0.717, 1.165) is 0 Å². The summed E-state index contributed by atoms with van der Waals surface area (Å²) < 4.78 is 18.0. The van der Waals surface area contributed by atoms with Gasteiger partial charge in [0.05, 0.1) is 5.56 Å². The highest BCUT2D eigenvalue weighted by atomic mass is 32.1. The highest BCUT2D eigenvalue weighted by Crippen LogP contribution is 2.16. The zero-order valence-electron chi connectivity index (χ0n) is 12.6. The highest BCUT2D eigenvalue weighted by molar-refractivity contribution is 7.08. The van der Waals surface area contributed by atoms with E-state index in [-0.39, 0.29) is 13.0 Å². The molecule has 0 unspecified atom stereocenters. The van der Waals surface area contributed by atoms with Crippen LogP contribution >= 0.6 is 11.3 Å². The van der Waals surface area contributed by atoms with Crippen LogP contribution in [0, 0.1) is 5.82 Å². The average Bonchev–Trinajstić information content (AvgIpc) is 3.08. The molecular formula is C16H15FN2O4S. The van der Waals surface area contributed by atoms with Crippen LogP contribution in [-0.4, -0.2) is 30.9 Å². The van der Waals surface area contributed by atoms with Gasteiger partial charge < -0.3 is 15.4 Å². The lowest BCUT2D eigenvalue weighted by Gasteiger charge is -2.22. The van der Waals surface area contributed by atoms with Crippen LogP contribution < -0.4 is 10.6 Å². The van der Waals surface area contributed by atoms with Crippen molar-refractivity contribution >= 4 is 34.8 Å². The van der Waals surface area contributed by atoms with Gasteiger partial charge >= 0.3 is 5.97 Å². The molecule has 126 valence electrons. The van der Waals surface area contributed by atoms with Crippen LogP contribution in [0.5, 0.6) is 0 Å². The number of halogens is 1. The quantitative estimate of drug-likeness (QED) is 0.773. The summed E-state index contributed by atoms with van der Waals surface area (Å²) >= 11 is 1.33. The number of hydrogen-bond donors (Lipinski definition) is 1. The van der Waals surface area contributed by atoms with Crippen LogP contribution in [0.2, 0.25) is 0 Å². The number of rotatable bonds is 7. The molecule has 0 atom stereocenters. The second-order valence-corrected chi connectivity index (χ2v) is 5.61. The Morgan fingerprint density at radius 2 is 1.88 bits per heavy atom. The standard InChI is InChI=1S/C16H15FN2O4S/c17-12-1-3-13(4-2-12)19(7-5-14(18)20)15(21)9-23-16(22)11-6-8-24-10-11/h1-4,6,8,10H,5,7,9H2,(H2,18,20). The second-order valence-electron chi connectivity index (χ2n) is 4.83. The molecule has 0 aliphatic heterocycles. The Bertz CT molecular complexity index is 716. The van der Waals surface area contributed by atoms with E-state index in [1.165, 1.54) is 40.5 Å². The van der Waals surface area contributed by atoms with Gasteiger partial charge in [-0.15, -0.1) is 0 Å². The number of hydrogen-bond acceptors (Lipinski definition) is 5. The van der Waals surface area contributed by atoms with E-state index in [1.807, 2.05) is 0 Å². The normalized spacial score (nSPS) is 10.2. The fraction of sp³-hybridized carbons (Fsp3) is 0.188. The van der Waals surface area contributed by atoms with Crippen molar-refractivity contribution in [1.29, 1.82) is 0 Å². The van der Waals surface area contributed by atoms with E-state index in [9.17, 15) is 18.8 Å². The van der Waals surface area contributed by atoms with Crippen LogP contribution in [0.25, 0.3) is 0 Å². The fourth-order valence-corrected chi connectivity index (χ4v) is 2.54. The highest BCUT2D eigenvalue weighted by Gasteiger charge is 2.19. The lowest BCUT2D eigenvalue weighted by Crippen LogP contribution is -2.37. The van der Waals surface area contributed by atoms with Crippen molar-refractivity contribution in [2.75, 3.05) is 18.1 Å². The Labute approximate surface area is 141 Å². The molecule has 1 heterocycles. The summed E-state index contributed by atoms with van der Waals surface area (Å²) in [6.45, 7) is -0.485. The molecule has 1 aromatic carbocycles. The number of nitrogens with two attached hydrogens (primary N) is 1. The molecular weight excluding hydrogens is 335 g/mol. The maximum Gasteiger partial charge on any atom is 0.339 e. The number of primary amides is 1. The van der Waals surface area contributed by atoms with Gasteiger partial charge in [0.1, 0.15) is 5.82 Å². The van der Waals surface area contributed by atoms with Crippen molar-refractivity contribution in [1.82, 2.24) is 0 Å². The number of esters is 1. The minimum absolute atomic E-state index is 0.00972. The molecule has 0 bridgehead atoms. The number of amides is 2. The van der Waals surface area contributed by atoms with Crippen LogP contribution in [0.4, 0.5) is 10.1 Å². The lowest BCUT2D eigenvalue weighted by molar-refractivity contribution is -0.121. The molecule has 2 aromatic rings. The van der Waals surface area contributed by atoms with Gasteiger partial charge in [0.15, 0.2) is 6.61 Å². The molecule has 0 spiro atoms. The third-order valence-electron chi connectivity index (χ3n) is 3.10. The van der Waals surface area contributed by atoms with Crippen LogP contribution in [0.1, 0.15) is 16.8 Å². The third kappa shape index (κ3) is 4.88. The molecule has 2 N–H and O–H groups in total. The molecule has 0 saturated heterocycles. The molecule has 0 aliphatic rings. The fourth-order valence-electron chi connectivity index (χ4n) is 1.91. The molecule has 24 heavy (non-hydrogen) atoms. The minimum atomic E-state index is -0.612. The molecule has 0 radical (unpaired) electrons. The Morgan fingerprint density at radius 3 is 2.46 bits per heavy atom. The minimum Gasteiger partial charge on any atom is -0.452 e. The first kappa shape index (κ1) is 17.6. The van der Waals surface area contributed by atoms with Crippen molar-refractivity contribution in [3.63, 3.8) is 0 Å². The molecule has 1 aromatic heterocycles. The summed E-state index contributed by atoms with van der Waals surface area (Å²) in [6.07, 6.45) is -0.0679. The van der Waals surface area contributed by atoms with E-state index in [1.54, 1.807) is 16.8 Å². The number of ether oxygens (including phenoxy) is 1. The van der Waals surface area contributed by atoms with E-state index < -0.39 is 30.2 Å². The number of benzene rings is 1. The van der Waals surface area contributed by atoms with Crippen LogP contribution in [0.3, 0.4) is 0 Å². The summed E-state index contributed by atoms with van der Waals surface area (Å²) in [5.41, 5.74) is 5.85. The SMILES string of the molecule is NC(=O)CCN(C(=O)COC(=O)c1ccsc1)c1ccc(F)cc1. The molecule has 2 amide bonds. The van der Waals surface area contributed by atoms with Crippen molar-refractivity contribution in [2.45, 2.75) is 6.42 Å².